The molecule has 2 N–H and O–H groups in total. The van der Waals surface area contributed by atoms with E-state index in [9.17, 15) is 0 Å². The Hall–Kier alpha value is -1.46. The topological polar surface area (TPSA) is 51.8 Å². The minimum absolute atomic E-state index is 0.512. The number of hydrogen-bond donors (Lipinski definition) is 1. The molecule has 3 rings (SSSR count). The van der Waals surface area contributed by atoms with E-state index in [1.165, 1.54) is 0 Å². The third-order valence-corrected chi connectivity index (χ3v) is 3.64. The second-order valence-electron chi connectivity index (χ2n) is 3.61. The van der Waals surface area contributed by atoms with Crippen LogP contribution in [0.25, 0.3) is 22.3 Å². The Morgan fingerprint density at radius 2 is 2.06 bits per heavy atom. The molecule has 3 nitrogen and oxygen atoms in total. The molecule has 0 spiro atoms. The molecule has 3 aromatic rings. The van der Waals surface area contributed by atoms with Gasteiger partial charge in [0.15, 0.2) is 5.82 Å². The number of halogens is 1. The molecule has 0 amide bonds. The minimum atomic E-state index is 0.512. The maximum atomic E-state index is 5.96. The van der Waals surface area contributed by atoms with Crippen molar-refractivity contribution >= 4 is 44.0 Å². The van der Waals surface area contributed by atoms with Gasteiger partial charge in [-0.3, -0.25) is 0 Å². The van der Waals surface area contributed by atoms with Crippen LogP contribution in [0, 0.1) is 0 Å². The highest BCUT2D eigenvalue weighted by molar-refractivity contribution is 9.10. The number of nitrogen functional groups attached to an aromatic ring is 1. The number of nitrogens with two attached hydrogens (primary N) is 1. The average Bonchev–Trinajstić information content (AvgIpc) is 2.83. The van der Waals surface area contributed by atoms with Crippen LogP contribution >= 0.6 is 27.3 Å². The zero-order valence-electron chi connectivity index (χ0n) is 8.72. The lowest BCUT2D eigenvalue weighted by atomic mass is 10.2. The van der Waals surface area contributed by atoms with Gasteiger partial charge >= 0.3 is 0 Å². The molecule has 2 heterocycles. The second-order valence-corrected chi connectivity index (χ2v) is 5.30. The summed E-state index contributed by atoms with van der Waals surface area (Å²) in [4.78, 5) is 8.85. The smallest absolute Gasteiger partial charge is 0.162 e. The van der Waals surface area contributed by atoms with E-state index in [1.807, 2.05) is 35.0 Å². The third kappa shape index (κ3) is 1.92. The van der Waals surface area contributed by atoms with Gasteiger partial charge in [0.25, 0.3) is 0 Å². The fourth-order valence-electron chi connectivity index (χ4n) is 1.65. The number of fused-ring (bicyclic) bond motifs is 1. The van der Waals surface area contributed by atoms with Crippen LogP contribution in [-0.4, -0.2) is 9.97 Å². The first kappa shape index (κ1) is 10.7. The Bertz CT molecular complexity index is 680. The first-order valence-electron chi connectivity index (χ1n) is 4.99. The first-order chi connectivity index (χ1) is 8.24. The maximum Gasteiger partial charge on any atom is 0.162 e. The number of aromatic nitrogens is 2. The molecule has 0 aliphatic rings. The minimum Gasteiger partial charge on any atom is -0.383 e. The van der Waals surface area contributed by atoms with Crippen molar-refractivity contribution in [1.29, 1.82) is 0 Å². The number of anilines is 1. The second kappa shape index (κ2) is 4.09. The van der Waals surface area contributed by atoms with Gasteiger partial charge in [-0.05, 0) is 29.6 Å². The van der Waals surface area contributed by atoms with Crippen molar-refractivity contribution in [3.05, 3.63) is 39.5 Å². The monoisotopic (exact) mass is 305 g/mol. The summed E-state index contributed by atoms with van der Waals surface area (Å²) in [6.45, 7) is 0. The van der Waals surface area contributed by atoms with Crippen molar-refractivity contribution in [1.82, 2.24) is 9.97 Å². The molecule has 0 saturated carbocycles. The Balaban J connectivity index is 2.28. The van der Waals surface area contributed by atoms with Gasteiger partial charge in [-0.2, -0.15) is 11.3 Å². The molecule has 0 bridgehead atoms. The van der Waals surface area contributed by atoms with Crippen molar-refractivity contribution in [2.45, 2.75) is 0 Å². The number of nitrogens with zero attached hydrogens (tertiary/aromatic N) is 2. The molecule has 0 aliphatic heterocycles. The van der Waals surface area contributed by atoms with Crippen LogP contribution in [0.4, 0.5) is 5.82 Å². The van der Waals surface area contributed by atoms with Gasteiger partial charge in [-0.15, -0.1) is 0 Å². The summed E-state index contributed by atoms with van der Waals surface area (Å²) in [5, 5.41) is 4.89. The molecule has 1 aromatic carbocycles. The zero-order valence-corrected chi connectivity index (χ0v) is 11.1. The molecule has 17 heavy (non-hydrogen) atoms. The standard InChI is InChI=1S/C12H8BrN3S/c13-8-1-2-10-9(5-8)11(14)16-12(15-10)7-3-4-17-6-7/h1-6H,(H2,14,15,16). The van der Waals surface area contributed by atoms with Gasteiger partial charge in [0.05, 0.1) is 5.52 Å². The summed E-state index contributed by atoms with van der Waals surface area (Å²) in [6.07, 6.45) is 0. The van der Waals surface area contributed by atoms with Crippen LogP contribution < -0.4 is 5.73 Å². The fraction of sp³-hybridized carbons (Fsp3) is 0. The van der Waals surface area contributed by atoms with Crippen molar-refractivity contribution in [2.75, 3.05) is 5.73 Å². The van der Waals surface area contributed by atoms with Crippen molar-refractivity contribution in [3.8, 4) is 11.4 Å². The normalized spacial score (nSPS) is 10.9. The van der Waals surface area contributed by atoms with Crippen LogP contribution in [0.15, 0.2) is 39.5 Å². The van der Waals surface area contributed by atoms with Gasteiger partial charge in [-0.25, -0.2) is 9.97 Å². The van der Waals surface area contributed by atoms with Gasteiger partial charge in [-0.1, -0.05) is 15.9 Å². The van der Waals surface area contributed by atoms with E-state index in [4.69, 9.17) is 5.73 Å². The van der Waals surface area contributed by atoms with E-state index in [-0.39, 0.29) is 0 Å². The molecule has 0 aliphatic carbocycles. The van der Waals surface area contributed by atoms with E-state index in [0.29, 0.717) is 11.6 Å². The maximum absolute atomic E-state index is 5.96. The number of thiophene rings is 1. The summed E-state index contributed by atoms with van der Waals surface area (Å²) in [7, 11) is 0. The molecule has 0 saturated heterocycles. The van der Waals surface area contributed by atoms with Crippen LogP contribution in [0.3, 0.4) is 0 Å². The van der Waals surface area contributed by atoms with E-state index < -0.39 is 0 Å². The molecule has 5 heteroatoms. The Labute approximate surface area is 110 Å². The summed E-state index contributed by atoms with van der Waals surface area (Å²) >= 11 is 5.03. The Kier molecular flexibility index (Phi) is 2.57. The van der Waals surface area contributed by atoms with E-state index in [1.54, 1.807) is 11.3 Å². The van der Waals surface area contributed by atoms with Crippen LogP contribution in [0.1, 0.15) is 0 Å². The lowest BCUT2D eigenvalue weighted by molar-refractivity contribution is 1.24. The molecule has 2 aromatic heterocycles. The predicted molar refractivity (Wildman–Crippen MR) is 75.0 cm³/mol. The van der Waals surface area contributed by atoms with Crippen LogP contribution in [0.5, 0.6) is 0 Å². The van der Waals surface area contributed by atoms with E-state index in [2.05, 4.69) is 25.9 Å². The highest BCUT2D eigenvalue weighted by atomic mass is 79.9. The molecule has 0 fully saturated rings. The molecule has 0 radical (unpaired) electrons. The van der Waals surface area contributed by atoms with Gasteiger partial charge in [0.2, 0.25) is 0 Å². The molecule has 84 valence electrons. The lowest BCUT2D eigenvalue weighted by Gasteiger charge is -2.04. The average molecular weight is 306 g/mol. The zero-order chi connectivity index (χ0) is 11.8. The van der Waals surface area contributed by atoms with Gasteiger partial charge in [0, 0.05) is 20.8 Å². The molecule has 0 atom stereocenters. The quantitative estimate of drug-likeness (QED) is 0.746. The van der Waals surface area contributed by atoms with E-state index in [0.717, 1.165) is 20.9 Å². The number of benzene rings is 1. The Morgan fingerprint density at radius 3 is 2.82 bits per heavy atom. The summed E-state index contributed by atoms with van der Waals surface area (Å²) in [5.74, 6) is 1.19. The van der Waals surface area contributed by atoms with Crippen molar-refractivity contribution in [3.63, 3.8) is 0 Å². The van der Waals surface area contributed by atoms with Crippen LogP contribution in [-0.2, 0) is 0 Å². The largest absolute Gasteiger partial charge is 0.383 e. The highest BCUT2D eigenvalue weighted by Gasteiger charge is 2.07. The summed E-state index contributed by atoms with van der Waals surface area (Å²) < 4.78 is 0.976. The summed E-state index contributed by atoms with van der Waals surface area (Å²) in [5.41, 5.74) is 7.83. The Morgan fingerprint density at radius 1 is 1.18 bits per heavy atom. The molecular weight excluding hydrogens is 298 g/mol. The van der Waals surface area contributed by atoms with Crippen molar-refractivity contribution in [2.24, 2.45) is 0 Å². The van der Waals surface area contributed by atoms with E-state index >= 15 is 0 Å². The first-order valence-corrected chi connectivity index (χ1v) is 6.73. The number of hydrogen-bond acceptors (Lipinski definition) is 4. The number of rotatable bonds is 1. The van der Waals surface area contributed by atoms with Crippen molar-refractivity contribution < 1.29 is 0 Å². The van der Waals surface area contributed by atoms with Gasteiger partial charge in [0.1, 0.15) is 5.82 Å². The predicted octanol–water partition coefficient (Wildman–Crippen LogP) is 3.70. The summed E-state index contributed by atoms with van der Waals surface area (Å²) in [6, 6.07) is 7.81. The fourth-order valence-corrected chi connectivity index (χ4v) is 2.64. The molecular formula is C12H8BrN3S. The van der Waals surface area contributed by atoms with Gasteiger partial charge < -0.3 is 5.73 Å². The van der Waals surface area contributed by atoms with Crippen LogP contribution in [0.2, 0.25) is 0 Å². The highest BCUT2D eigenvalue weighted by Crippen LogP contribution is 2.26. The molecule has 0 unspecified atom stereocenters. The SMILES string of the molecule is Nc1nc(-c2ccsc2)nc2ccc(Br)cc12. The third-order valence-electron chi connectivity index (χ3n) is 2.47. The lowest BCUT2D eigenvalue weighted by Crippen LogP contribution is -1.97.